The SMILES string of the molecule is CC1NC(=O)C(C(C)F)NC1=O. The maximum absolute atomic E-state index is 12.7. The molecule has 0 radical (unpaired) electrons. The van der Waals surface area contributed by atoms with Crippen molar-refractivity contribution in [2.24, 2.45) is 0 Å². The van der Waals surface area contributed by atoms with Crippen LogP contribution >= 0.6 is 0 Å². The first-order valence-corrected chi connectivity index (χ1v) is 3.77. The maximum Gasteiger partial charge on any atom is 0.246 e. The van der Waals surface area contributed by atoms with Crippen molar-refractivity contribution in [1.29, 1.82) is 0 Å². The summed E-state index contributed by atoms with van der Waals surface area (Å²) < 4.78 is 12.7. The zero-order valence-corrected chi connectivity index (χ0v) is 6.93. The van der Waals surface area contributed by atoms with Gasteiger partial charge in [-0.1, -0.05) is 0 Å². The van der Waals surface area contributed by atoms with Crippen LogP contribution in [0.4, 0.5) is 4.39 Å². The van der Waals surface area contributed by atoms with E-state index in [2.05, 4.69) is 10.6 Å². The van der Waals surface area contributed by atoms with Crippen LogP contribution < -0.4 is 10.6 Å². The Kier molecular flexibility index (Phi) is 2.30. The number of rotatable bonds is 1. The lowest BCUT2D eigenvalue weighted by Gasteiger charge is -2.28. The van der Waals surface area contributed by atoms with E-state index in [9.17, 15) is 14.0 Å². The Balaban J connectivity index is 2.68. The third kappa shape index (κ3) is 1.54. The minimum atomic E-state index is -1.36. The van der Waals surface area contributed by atoms with Crippen molar-refractivity contribution in [2.45, 2.75) is 32.1 Å². The number of hydrogen-bond donors (Lipinski definition) is 2. The van der Waals surface area contributed by atoms with Crippen LogP contribution in [0.25, 0.3) is 0 Å². The van der Waals surface area contributed by atoms with Crippen LogP contribution in [0, 0.1) is 0 Å². The van der Waals surface area contributed by atoms with E-state index in [1.165, 1.54) is 6.92 Å². The molecule has 5 heteroatoms. The molecule has 1 rings (SSSR count). The van der Waals surface area contributed by atoms with Gasteiger partial charge >= 0.3 is 0 Å². The Bertz CT molecular complexity index is 217. The van der Waals surface area contributed by atoms with Gasteiger partial charge in [0.05, 0.1) is 0 Å². The van der Waals surface area contributed by atoms with Crippen molar-refractivity contribution in [1.82, 2.24) is 10.6 Å². The van der Waals surface area contributed by atoms with Crippen molar-refractivity contribution in [3.63, 3.8) is 0 Å². The third-order valence-electron chi connectivity index (χ3n) is 1.79. The summed E-state index contributed by atoms with van der Waals surface area (Å²) in [6.07, 6.45) is -1.36. The predicted octanol–water partition coefficient (Wildman–Crippen LogP) is -0.653. The van der Waals surface area contributed by atoms with Crippen LogP contribution in [0.2, 0.25) is 0 Å². The molecule has 2 N–H and O–H groups in total. The van der Waals surface area contributed by atoms with Gasteiger partial charge in [0, 0.05) is 0 Å². The van der Waals surface area contributed by atoms with Crippen molar-refractivity contribution in [2.75, 3.05) is 0 Å². The molecule has 2 amide bonds. The van der Waals surface area contributed by atoms with E-state index in [4.69, 9.17) is 0 Å². The summed E-state index contributed by atoms with van der Waals surface area (Å²) in [5.41, 5.74) is 0. The number of amides is 2. The fourth-order valence-electron chi connectivity index (χ4n) is 1.04. The second-order valence-electron chi connectivity index (χ2n) is 2.89. The van der Waals surface area contributed by atoms with Crippen LogP contribution in [-0.4, -0.2) is 30.1 Å². The van der Waals surface area contributed by atoms with Crippen molar-refractivity contribution in [3.8, 4) is 0 Å². The molecule has 1 aliphatic heterocycles. The van der Waals surface area contributed by atoms with E-state index >= 15 is 0 Å². The fraction of sp³-hybridized carbons (Fsp3) is 0.714. The molecule has 1 aliphatic rings. The number of hydrogen-bond acceptors (Lipinski definition) is 2. The summed E-state index contributed by atoms with van der Waals surface area (Å²) in [5.74, 6) is -0.804. The van der Waals surface area contributed by atoms with E-state index in [1.54, 1.807) is 6.92 Å². The zero-order chi connectivity index (χ0) is 9.30. The first-order valence-electron chi connectivity index (χ1n) is 3.77. The molecule has 0 aromatic carbocycles. The highest BCUT2D eigenvalue weighted by Crippen LogP contribution is 2.03. The zero-order valence-electron chi connectivity index (χ0n) is 6.93. The molecule has 1 fully saturated rings. The average Bonchev–Trinajstić information content (AvgIpc) is 1.96. The molecule has 0 aliphatic carbocycles. The van der Waals surface area contributed by atoms with Gasteiger partial charge < -0.3 is 10.6 Å². The fourth-order valence-corrected chi connectivity index (χ4v) is 1.04. The molecule has 4 nitrogen and oxygen atoms in total. The summed E-state index contributed by atoms with van der Waals surface area (Å²) >= 11 is 0. The summed E-state index contributed by atoms with van der Waals surface area (Å²) in [6.45, 7) is 2.78. The number of alkyl halides is 1. The first kappa shape index (κ1) is 8.96. The lowest BCUT2D eigenvalue weighted by atomic mass is 10.1. The highest BCUT2D eigenvalue weighted by Gasteiger charge is 2.34. The maximum atomic E-state index is 12.7. The summed E-state index contributed by atoms with van der Waals surface area (Å²) in [7, 11) is 0. The number of halogens is 1. The predicted molar refractivity (Wildman–Crippen MR) is 40.1 cm³/mol. The molecule has 68 valence electrons. The number of carbonyl (C=O) groups excluding carboxylic acids is 2. The standard InChI is InChI=1S/C7H11FN2O2/c1-3(8)5-7(12)9-4(2)6(11)10-5/h3-5H,1-2H3,(H,9,12)(H,10,11). The van der Waals surface area contributed by atoms with Gasteiger partial charge in [-0.3, -0.25) is 9.59 Å². The van der Waals surface area contributed by atoms with Crippen LogP contribution in [0.1, 0.15) is 13.8 Å². The van der Waals surface area contributed by atoms with E-state index in [1.807, 2.05) is 0 Å². The molecule has 3 atom stereocenters. The van der Waals surface area contributed by atoms with Crippen molar-refractivity contribution < 1.29 is 14.0 Å². The Morgan fingerprint density at radius 2 is 1.92 bits per heavy atom. The average molecular weight is 174 g/mol. The summed E-state index contributed by atoms with van der Waals surface area (Å²) in [5, 5.41) is 4.66. The molecule has 1 heterocycles. The van der Waals surface area contributed by atoms with E-state index in [0.29, 0.717) is 0 Å². The van der Waals surface area contributed by atoms with Crippen molar-refractivity contribution >= 4 is 11.8 Å². The van der Waals surface area contributed by atoms with Crippen molar-refractivity contribution in [3.05, 3.63) is 0 Å². The van der Waals surface area contributed by atoms with Gasteiger partial charge in [0.25, 0.3) is 0 Å². The van der Waals surface area contributed by atoms with Gasteiger partial charge in [0.1, 0.15) is 18.3 Å². The second-order valence-corrected chi connectivity index (χ2v) is 2.89. The Labute approximate surface area is 69.5 Å². The van der Waals surface area contributed by atoms with Gasteiger partial charge in [-0.2, -0.15) is 0 Å². The van der Waals surface area contributed by atoms with Crippen LogP contribution in [0.15, 0.2) is 0 Å². The topological polar surface area (TPSA) is 58.2 Å². The van der Waals surface area contributed by atoms with Gasteiger partial charge in [0.15, 0.2) is 0 Å². The summed E-state index contributed by atoms with van der Waals surface area (Å²) in [6, 6.07) is -1.60. The number of piperazine rings is 1. The summed E-state index contributed by atoms with van der Waals surface area (Å²) in [4.78, 5) is 22.0. The monoisotopic (exact) mass is 174 g/mol. The molecule has 3 unspecified atom stereocenters. The quantitative estimate of drug-likeness (QED) is 0.555. The number of nitrogens with one attached hydrogen (secondary N) is 2. The van der Waals surface area contributed by atoms with Crippen LogP contribution in [0.5, 0.6) is 0 Å². The van der Waals surface area contributed by atoms with E-state index < -0.39 is 24.2 Å². The second kappa shape index (κ2) is 3.08. The largest absolute Gasteiger partial charge is 0.343 e. The Morgan fingerprint density at radius 1 is 1.33 bits per heavy atom. The Morgan fingerprint density at radius 3 is 2.42 bits per heavy atom. The van der Waals surface area contributed by atoms with Gasteiger partial charge in [-0.25, -0.2) is 4.39 Å². The van der Waals surface area contributed by atoms with Gasteiger partial charge in [-0.15, -0.1) is 0 Å². The minimum Gasteiger partial charge on any atom is -0.343 e. The van der Waals surface area contributed by atoms with Crippen LogP contribution in [-0.2, 0) is 9.59 Å². The molecule has 0 aromatic rings. The smallest absolute Gasteiger partial charge is 0.246 e. The molecular formula is C7H11FN2O2. The molecular weight excluding hydrogens is 163 g/mol. The van der Waals surface area contributed by atoms with E-state index in [-0.39, 0.29) is 5.91 Å². The van der Waals surface area contributed by atoms with Gasteiger partial charge in [0.2, 0.25) is 11.8 Å². The van der Waals surface area contributed by atoms with Crippen LogP contribution in [0.3, 0.4) is 0 Å². The Hall–Kier alpha value is -1.13. The highest BCUT2D eigenvalue weighted by molar-refractivity contribution is 5.96. The molecule has 12 heavy (non-hydrogen) atoms. The first-order chi connectivity index (χ1) is 5.52. The lowest BCUT2D eigenvalue weighted by molar-refractivity contribution is -0.137. The molecule has 0 spiro atoms. The molecule has 0 aromatic heterocycles. The number of carbonyl (C=O) groups is 2. The normalized spacial score (nSPS) is 32.2. The van der Waals surface area contributed by atoms with Gasteiger partial charge in [-0.05, 0) is 13.8 Å². The molecule has 0 saturated carbocycles. The highest BCUT2D eigenvalue weighted by atomic mass is 19.1. The minimum absolute atomic E-state index is 0.343. The third-order valence-corrected chi connectivity index (χ3v) is 1.79. The van der Waals surface area contributed by atoms with E-state index in [0.717, 1.165) is 0 Å². The lowest BCUT2D eigenvalue weighted by Crippen LogP contribution is -2.63. The molecule has 0 bridgehead atoms. The molecule has 1 saturated heterocycles.